The van der Waals surface area contributed by atoms with Crippen LogP contribution in [0.4, 0.5) is 18.0 Å². The van der Waals surface area contributed by atoms with Gasteiger partial charge >= 0.3 is 12.3 Å². The topological polar surface area (TPSA) is 177 Å². The molecule has 266 valence electrons. The molecular formula is C34H39ClF3N9O3. The first-order chi connectivity index (χ1) is 23.3. The molecule has 2 heterocycles. The third-order valence-electron chi connectivity index (χ3n) is 8.52. The lowest BCUT2D eigenvalue weighted by Gasteiger charge is -2.35. The van der Waals surface area contributed by atoms with Gasteiger partial charge in [0.25, 0.3) is 5.91 Å². The summed E-state index contributed by atoms with van der Waals surface area (Å²) >= 11 is 6.42. The molecule has 1 saturated carbocycles. The van der Waals surface area contributed by atoms with E-state index in [9.17, 15) is 22.8 Å². The van der Waals surface area contributed by atoms with Gasteiger partial charge in [-0.25, -0.2) is 14.8 Å². The maximum Gasteiger partial charge on any atom is 0.408 e. The second-order valence-corrected chi connectivity index (χ2v) is 14.5. The van der Waals surface area contributed by atoms with E-state index in [4.69, 9.17) is 38.2 Å². The summed E-state index contributed by atoms with van der Waals surface area (Å²) in [5.41, 5.74) is 12.7. The van der Waals surface area contributed by atoms with Crippen molar-refractivity contribution in [1.29, 1.82) is 5.41 Å². The molecule has 1 aliphatic carbocycles. The van der Waals surface area contributed by atoms with Gasteiger partial charge in [-0.15, -0.1) is 0 Å². The fraction of sp³-hybridized carbons (Fsp3) is 0.412. The van der Waals surface area contributed by atoms with Gasteiger partial charge in [-0.2, -0.15) is 18.3 Å². The molecule has 50 heavy (non-hydrogen) atoms. The number of benzene rings is 2. The number of amidine groups is 1. The normalized spacial score (nSPS) is 19.6. The second kappa shape index (κ2) is 13.4. The van der Waals surface area contributed by atoms with Crippen LogP contribution in [0.5, 0.6) is 0 Å². The van der Waals surface area contributed by atoms with Crippen LogP contribution < -0.4 is 16.8 Å². The van der Waals surface area contributed by atoms with Crippen LogP contribution in [0.1, 0.15) is 69.7 Å². The van der Waals surface area contributed by atoms with Crippen LogP contribution in [0.15, 0.2) is 64.8 Å². The fourth-order valence-electron chi connectivity index (χ4n) is 5.95. The zero-order chi connectivity index (χ0) is 36.6. The molecule has 2 atom stereocenters. The molecule has 2 aromatic carbocycles. The van der Waals surface area contributed by atoms with Crippen molar-refractivity contribution in [2.75, 3.05) is 6.61 Å². The van der Waals surface area contributed by atoms with E-state index >= 15 is 0 Å². The van der Waals surface area contributed by atoms with Crippen molar-refractivity contribution in [3.05, 3.63) is 76.6 Å². The van der Waals surface area contributed by atoms with Crippen molar-refractivity contribution in [3.8, 4) is 11.1 Å². The number of alkyl halides is 3. The summed E-state index contributed by atoms with van der Waals surface area (Å²) < 4.78 is 45.2. The van der Waals surface area contributed by atoms with Crippen LogP contribution in [-0.4, -0.2) is 63.1 Å². The van der Waals surface area contributed by atoms with Crippen LogP contribution in [0.25, 0.3) is 11.1 Å². The lowest BCUT2D eigenvalue weighted by molar-refractivity contribution is -0.142. The van der Waals surface area contributed by atoms with Gasteiger partial charge in [-0.1, -0.05) is 62.7 Å². The second-order valence-electron chi connectivity index (χ2n) is 14.0. The van der Waals surface area contributed by atoms with Crippen LogP contribution in [0, 0.1) is 10.8 Å². The van der Waals surface area contributed by atoms with E-state index in [1.807, 2.05) is 27.7 Å². The van der Waals surface area contributed by atoms with Gasteiger partial charge in [0.1, 0.15) is 25.3 Å². The molecule has 1 fully saturated rings. The minimum Gasteiger partial charge on any atom is -0.447 e. The smallest absolute Gasteiger partial charge is 0.408 e. The molecule has 3 aromatic rings. The van der Waals surface area contributed by atoms with Crippen molar-refractivity contribution in [1.82, 2.24) is 20.0 Å². The summed E-state index contributed by atoms with van der Waals surface area (Å²) in [6.07, 6.45) is 0.192. The highest BCUT2D eigenvalue weighted by Crippen LogP contribution is 2.45. The number of aromatic nitrogens is 2. The Hall–Kier alpha value is -4.92. The van der Waals surface area contributed by atoms with E-state index in [1.165, 1.54) is 17.3 Å². The number of alkyl carbamates (subject to hydrolysis) is 1. The number of hydrogen-bond acceptors (Lipinski definition) is 7. The van der Waals surface area contributed by atoms with E-state index in [2.05, 4.69) is 15.4 Å². The third-order valence-corrected chi connectivity index (χ3v) is 8.85. The van der Waals surface area contributed by atoms with Gasteiger partial charge in [0, 0.05) is 22.9 Å². The summed E-state index contributed by atoms with van der Waals surface area (Å²) in [6, 6.07) is 10.6. The van der Waals surface area contributed by atoms with E-state index in [-0.39, 0.29) is 35.4 Å². The molecule has 2 amide bonds. The standard InChI is InChI=1S/C34H39ClF3N9O3/c1-31(2,3)17-33(23-8-5-20(6-9-23)22-14-43-46(15-22)18-34(36,37)38)28(48)47(29(41)44-33)26(16-50-30(49)45-32(4)11-12-32)21-7-10-25(35)24(13-21)27(40)42-19-39/h5-10,13-15,19,26H,11-12,16-18H2,1-4H3,(H2,41,44)(H,45,49)(H3,39,40,42)/t26-,33-/m1/s1. The Balaban J connectivity index is 1.53. The molecule has 0 unspecified atom stereocenters. The minimum atomic E-state index is -4.42. The number of halogens is 4. The van der Waals surface area contributed by atoms with Crippen molar-refractivity contribution in [3.63, 3.8) is 0 Å². The predicted octanol–water partition coefficient (Wildman–Crippen LogP) is 5.89. The number of hydrogen-bond donors (Lipinski definition) is 4. The summed E-state index contributed by atoms with van der Waals surface area (Å²) in [7, 11) is 0. The molecule has 0 spiro atoms. The quantitative estimate of drug-likeness (QED) is 0.142. The number of nitrogens with zero attached hydrogens (tertiary/aromatic N) is 5. The zero-order valence-electron chi connectivity index (χ0n) is 28.0. The number of nitrogens with one attached hydrogen (secondary N) is 2. The summed E-state index contributed by atoms with van der Waals surface area (Å²) in [5, 5.41) is 14.2. The highest BCUT2D eigenvalue weighted by molar-refractivity contribution is 6.34. The largest absolute Gasteiger partial charge is 0.447 e. The third kappa shape index (κ3) is 8.09. The van der Waals surface area contributed by atoms with Gasteiger partial charge in [-0.3, -0.25) is 19.8 Å². The Morgan fingerprint density at radius 1 is 1.18 bits per heavy atom. The highest BCUT2D eigenvalue weighted by atomic mass is 35.5. The van der Waals surface area contributed by atoms with Crippen LogP contribution >= 0.6 is 11.6 Å². The fourth-order valence-corrected chi connectivity index (χ4v) is 6.17. The molecule has 0 radical (unpaired) electrons. The van der Waals surface area contributed by atoms with Gasteiger partial charge in [0.2, 0.25) is 0 Å². The van der Waals surface area contributed by atoms with Gasteiger partial charge in [-0.05, 0) is 60.4 Å². The average molecular weight is 714 g/mol. The zero-order valence-corrected chi connectivity index (χ0v) is 28.8. The van der Waals surface area contributed by atoms with Crippen molar-refractivity contribution in [2.24, 2.45) is 26.9 Å². The number of amides is 2. The molecule has 1 aromatic heterocycles. The molecule has 12 nitrogen and oxygen atoms in total. The number of carbonyl (C=O) groups excluding carboxylic acids is 2. The Bertz CT molecular complexity index is 1850. The summed E-state index contributed by atoms with van der Waals surface area (Å²) in [4.78, 5) is 37.6. The van der Waals surface area contributed by atoms with E-state index in [0.717, 1.165) is 23.9 Å². The van der Waals surface area contributed by atoms with Gasteiger partial charge in [0.15, 0.2) is 11.5 Å². The van der Waals surface area contributed by atoms with E-state index in [1.54, 1.807) is 42.5 Å². The Kier molecular flexibility index (Phi) is 9.76. The van der Waals surface area contributed by atoms with Crippen molar-refractivity contribution < 1.29 is 27.5 Å². The number of ether oxygens (including phenoxy) is 1. The lowest BCUT2D eigenvalue weighted by Crippen LogP contribution is -2.48. The first-order valence-corrected chi connectivity index (χ1v) is 16.2. The maximum absolute atomic E-state index is 14.8. The van der Waals surface area contributed by atoms with E-state index < -0.39 is 41.7 Å². The number of rotatable bonds is 11. The van der Waals surface area contributed by atoms with Crippen LogP contribution in [0.2, 0.25) is 5.02 Å². The molecular weight excluding hydrogens is 675 g/mol. The number of nitrogens with two attached hydrogens (primary N) is 2. The van der Waals surface area contributed by atoms with Crippen molar-refractivity contribution >= 4 is 41.7 Å². The number of carbonyl (C=O) groups is 2. The number of guanidine groups is 1. The molecule has 1 aliphatic heterocycles. The number of aliphatic imine (C=N–C) groups is 2. The average Bonchev–Trinajstić information content (AvgIpc) is 3.46. The first-order valence-electron chi connectivity index (χ1n) is 15.8. The Morgan fingerprint density at radius 3 is 2.46 bits per heavy atom. The van der Waals surface area contributed by atoms with E-state index in [0.29, 0.717) is 27.8 Å². The molecule has 0 saturated heterocycles. The minimum absolute atomic E-state index is 0.0357. The summed E-state index contributed by atoms with van der Waals surface area (Å²) in [5.74, 6) is -0.625. The van der Waals surface area contributed by atoms with Gasteiger partial charge in [0.05, 0.1) is 17.3 Å². The molecule has 6 N–H and O–H groups in total. The van der Waals surface area contributed by atoms with Crippen LogP contribution in [0.3, 0.4) is 0 Å². The Labute approximate surface area is 292 Å². The van der Waals surface area contributed by atoms with Crippen molar-refractivity contribution in [2.45, 2.75) is 76.8 Å². The van der Waals surface area contributed by atoms with Gasteiger partial charge < -0.3 is 21.5 Å². The van der Waals surface area contributed by atoms with Crippen LogP contribution in [-0.2, 0) is 21.6 Å². The Morgan fingerprint density at radius 2 is 1.86 bits per heavy atom. The molecule has 5 rings (SSSR count). The SMILES string of the molecule is CC(C)(C)C[C@]1(c2ccc(-c3cnn(CC(F)(F)F)c3)cc2)N=C(N)N([C@H](COC(=O)NC2(C)CC2)c2ccc(Cl)c(C(N)=NC=N)c2)C1=O. The molecule has 0 bridgehead atoms. The summed E-state index contributed by atoms with van der Waals surface area (Å²) in [6.45, 7) is 6.25. The monoisotopic (exact) mass is 713 g/mol. The molecule has 16 heteroatoms. The highest BCUT2D eigenvalue weighted by Gasteiger charge is 2.53. The maximum atomic E-state index is 14.8. The first kappa shape index (κ1) is 36.4. The lowest BCUT2D eigenvalue weighted by atomic mass is 9.75. The predicted molar refractivity (Wildman–Crippen MR) is 184 cm³/mol. The molecule has 2 aliphatic rings.